The summed E-state index contributed by atoms with van der Waals surface area (Å²) in [6.07, 6.45) is 1.64. The molecule has 0 aliphatic rings. The van der Waals surface area contributed by atoms with Crippen molar-refractivity contribution >= 4 is 11.9 Å². The molecule has 0 aromatic heterocycles. The van der Waals surface area contributed by atoms with Gasteiger partial charge in [-0.1, -0.05) is 45.7 Å². The third-order valence-electron chi connectivity index (χ3n) is 4.78. The van der Waals surface area contributed by atoms with Gasteiger partial charge in [0.05, 0.1) is 19.1 Å². The number of carbonyl (C=O) groups excluding carboxylic acids is 1. The molecule has 2 atom stereocenters. The second kappa shape index (κ2) is 8.71. The molecule has 1 aromatic carbocycles. The van der Waals surface area contributed by atoms with Crippen LogP contribution in [0.4, 0.5) is 0 Å². The molecule has 0 spiro atoms. The quantitative estimate of drug-likeness (QED) is 0.723. The fourth-order valence-electron chi connectivity index (χ4n) is 3.08. The summed E-state index contributed by atoms with van der Waals surface area (Å²) >= 11 is 0. The molecule has 0 radical (unpaired) electrons. The Labute approximate surface area is 144 Å². The van der Waals surface area contributed by atoms with Gasteiger partial charge in [0.15, 0.2) is 0 Å². The maximum atomic E-state index is 12.7. The van der Waals surface area contributed by atoms with Crippen molar-refractivity contribution in [2.45, 2.75) is 52.5 Å². The summed E-state index contributed by atoms with van der Waals surface area (Å²) in [4.78, 5) is 24.0. The summed E-state index contributed by atoms with van der Waals surface area (Å²) in [5.41, 5.74) is -0.271. The van der Waals surface area contributed by atoms with Crippen LogP contribution in [0.15, 0.2) is 24.3 Å². The predicted molar refractivity (Wildman–Crippen MR) is 94.0 cm³/mol. The molecule has 134 valence electrons. The lowest BCUT2D eigenvalue weighted by Crippen LogP contribution is -2.48. The SMILES string of the molecule is CCC(CC)C(C)C(=O)NC(C)(CC(=O)O)c1cccc(OC)c1. The van der Waals surface area contributed by atoms with Crippen molar-refractivity contribution in [2.75, 3.05) is 7.11 Å². The van der Waals surface area contributed by atoms with Crippen LogP contribution < -0.4 is 10.1 Å². The Hall–Kier alpha value is -2.04. The van der Waals surface area contributed by atoms with E-state index in [1.165, 1.54) is 0 Å². The third-order valence-corrected chi connectivity index (χ3v) is 4.78. The first-order valence-corrected chi connectivity index (χ1v) is 8.45. The monoisotopic (exact) mass is 335 g/mol. The van der Waals surface area contributed by atoms with Crippen molar-refractivity contribution in [3.8, 4) is 5.75 Å². The van der Waals surface area contributed by atoms with Crippen LogP contribution in [0.1, 0.15) is 52.5 Å². The van der Waals surface area contributed by atoms with E-state index in [4.69, 9.17) is 4.74 Å². The van der Waals surface area contributed by atoms with Gasteiger partial charge in [0.2, 0.25) is 5.91 Å². The van der Waals surface area contributed by atoms with Crippen LogP contribution in [0.2, 0.25) is 0 Å². The van der Waals surface area contributed by atoms with Crippen LogP contribution in [-0.4, -0.2) is 24.1 Å². The molecule has 24 heavy (non-hydrogen) atoms. The van der Waals surface area contributed by atoms with Crippen LogP contribution in [0.25, 0.3) is 0 Å². The molecule has 1 amide bonds. The highest BCUT2D eigenvalue weighted by atomic mass is 16.5. The van der Waals surface area contributed by atoms with Gasteiger partial charge in [-0.15, -0.1) is 0 Å². The van der Waals surface area contributed by atoms with Gasteiger partial charge in [-0.2, -0.15) is 0 Å². The summed E-state index contributed by atoms with van der Waals surface area (Å²) in [7, 11) is 1.56. The molecule has 0 aliphatic carbocycles. The van der Waals surface area contributed by atoms with Gasteiger partial charge >= 0.3 is 5.97 Å². The average molecular weight is 335 g/mol. The van der Waals surface area contributed by atoms with Crippen molar-refractivity contribution in [1.29, 1.82) is 0 Å². The number of methoxy groups -OCH3 is 1. The third kappa shape index (κ3) is 4.98. The number of carboxylic acid groups (broad SMARTS) is 1. The van der Waals surface area contributed by atoms with E-state index in [0.717, 1.165) is 12.8 Å². The zero-order valence-electron chi connectivity index (χ0n) is 15.3. The summed E-state index contributed by atoms with van der Waals surface area (Å²) in [6, 6.07) is 7.17. The number of carbonyl (C=O) groups is 2. The number of aliphatic carboxylic acids is 1. The van der Waals surface area contributed by atoms with Crippen LogP contribution in [0.3, 0.4) is 0 Å². The fourth-order valence-corrected chi connectivity index (χ4v) is 3.08. The topological polar surface area (TPSA) is 75.6 Å². The van der Waals surface area contributed by atoms with Gasteiger partial charge in [-0.3, -0.25) is 9.59 Å². The first-order valence-electron chi connectivity index (χ1n) is 8.45. The minimum absolute atomic E-state index is 0.115. The maximum absolute atomic E-state index is 12.7. The summed E-state index contributed by atoms with van der Waals surface area (Å²) in [5.74, 6) is -0.333. The van der Waals surface area contributed by atoms with Crippen molar-refractivity contribution in [3.63, 3.8) is 0 Å². The molecule has 5 heteroatoms. The summed E-state index contributed by atoms with van der Waals surface area (Å²) < 4.78 is 5.22. The molecule has 0 fully saturated rings. The number of hydrogen-bond donors (Lipinski definition) is 2. The molecule has 0 bridgehead atoms. The van der Waals surface area contributed by atoms with Crippen LogP contribution in [0.5, 0.6) is 5.75 Å². The van der Waals surface area contributed by atoms with E-state index in [1.54, 1.807) is 32.2 Å². The van der Waals surface area contributed by atoms with Gasteiger partial charge in [0.1, 0.15) is 5.75 Å². The van der Waals surface area contributed by atoms with Crippen LogP contribution >= 0.6 is 0 Å². The first-order chi connectivity index (χ1) is 11.3. The van der Waals surface area contributed by atoms with Gasteiger partial charge in [-0.05, 0) is 30.5 Å². The highest BCUT2D eigenvalue weighted by Gasteiger charge is 2.34. The standard InChI is InChI=1S/C19H29NO4/c1-6-14(7-2)13(3)18(23)20-19(4,12-17(21)22)15-9-8-10-16(11-15)24-5/h8-11,13-14H,6-7,12H2,1-5H3,(H,20,23)(H,21,22). The van der Waals surface area contributed by atoms with E-state index in [-0.39, 0.29) is 24.2 Å². The minimum atomic E-state index is -0.988. The highest BCUT2D eigenvalue weighted by molar-refractivity contribution is 5.81. The van der Waals surface area contributed by atoms with E-state index in [1.807, 2.05) is 13.0 Å². The van der Waals surface area contributed by atoms with E-state index < -0.39 is 11.5 Å². The van der Waals surface area contributed by atoms with Crippen molar-refractivity contribution in [2.24, 2.45) is 11.8 Å². The molecule has 0 saturated heterocycles. The van der Waals surface area contributed by atoms with Crippen molar-refractivity contribution in [3.05, 3.63) is 29.8 Å². The Bertz CT molecular complexity index is 568. The minimum Gasteiger partial charge on any atom is -0.497 e. The molecule has 1 rings (SSSR count). The zero-order valence-corrected chi connectivity index (χ0v) is 15.3. The Morgan fingerprint density at radius 2 is 1.92 bits per heavy atom. The Morgan fingerprint density at radius 1 is 1.29 bits per heavy atom. The maximum Gasteiger partial charge on any atom is 0.306 e. The molecular formula is C19H29NO4. The predicted octanol–water partition coefficient (Wildman–Crippen LogP) is 3.57. The molecule has 0 aliphatic heterocycles. The number of amides is 1. The average Bonchev–Trinajstić information content (AvgIpc) is 2.55. The number of ether oxygens (including phenoxy) is 1. The fraction of sp³-hybridized carbons (Fsp3) is 0.579. The second-order valence-corrected chi connectivity index (χ2v) is 6.49. The van der Waals surface area contributed by atoms with Gasteiger partial charge in [0, 0.05) is 5.92 Å². The second-order valence-electron chi connectivity index (χ2n) is 6.49. The molecule has 0 heterocycles. The Balaban J connectivity index is 3.11. The molecule has 2 N–H and O–H groups in total. The van der Waals surface area contributed by atoms with Gasteiger partial charge in [0.25, 0.3) is 0 Å². The van der Waals surface area contributed by atoms with Crippen LogP contribution in [-0.2, 0) is 15.1 Å². The lowest BCUT2D eigenvalue weighted by Gasteiger charge is -2.33. The number of benzene rings is 1. The molecular weight excluding hydrogens is 306 g/mol. The van der Waals surface area contributed by atoms with E-state index in [9.17, 15) is 14.7 Å². The molecule has 0 saturated carbocycles. The van der Waals surface area contributed by atoms with Gasteiger partial charge < -0.3 is 15.2 Å². The molecule has 1 aromatic rings. The normalized spacial score (nSPS) is 14.8. The number of hydrogen-bond acceptors (Lipinski definition) is 3. The van der Waals surface area contributed by atoms with E-state index in [2.05, 4.69) is 19.2 Å². The zero-order chi connectivity index (χ0) is 18.3. The highest BCUT2D eigenvalue weighted by Crippen LogP contribution is 2.29. The summed E-state index contributed by atoms with van der Waals surface area (Å²) in [5, 5.41) is 12.3. The van der Waals surface area contributed by atoms with E-state index in [0.29, 0.717) is 11.3 Å². The smallest absolute Gasteiger partial charge is 0.306 e. The van der Waals surface area contributed by atoms with Gasteiger partial charge in [-0.25, -0.2) is 0 Å². The van der Waals surface area contributed by atoms with E-state index >= 15 is 0 Å². The summed E-state index contributed by atoms with van der Waals surface area (Å²) in [6.45, 7) is 7.78. The van der Waals surface area contributed by atoms with Crippen LogP contribution in [0, 0.1) is 11.8 Å². The lowest BCUT2D eigenvalue weighted by molar-refractivity contribution is -0.139. The first kappa shape index (κ1) is 20.0. The Morgan fingerprint density at radius 3 is 2.42 bits per heavy atom. The lowest BCUT2D eigenvalue weighted by atomic mass is 9.85. The molecule has 5 nitrogen and oxygen atoms in total. The Kier molecular flexibility index (Phi) is 7.26. The van der Waals surface area contributed by atoms with Crippen molar-refractivity contribution in [1.82, 2.24) is 5.32 Å². The number of carboxylic acids is 1. The molecule has 2 unspecified atom stereocenters. The number of rotatable bonds is 9. The number of nitrogens with one attached hydrogen (secondary N) is 1. The van der Waals surface area contributed by atoms with Crippen molar-refractivity contribution < 1.29 is 19.4 Å². The largest absolute Gasteiger partial charge is 0.497 e.